The highest BCUT2D eigenvalue weighted by Crippen LogP contribution is 2.12. The lowest BCUT2D eigenvalue weighted by Gasteiger charge is -2.15. The van der Waals surface area contributed by atoms with Crippen LogP contribution in [0.5, 0.6) is 0 Å². The summed E-state index contributed by atoms with van der Waals surface area (Å²) >= 11 is 1.74. The van der Waals surface area contributed by atoms with Crippen LogP contribution in [0, 0.1) is 5.92 Å². The van der Waals surface area contributed by atoms with Gasteiger partial charge in [0.05, 0.1) is 6.54 Å². The molecule has 0 spiro atoms. The predicted molar refractivity (Wildman–Crippen MR) is 91.1 cm³/mol. The summed E-state index contributed by atoms with van der Waals surface area (Å²) in [5, 5.41) is 12.0. The number of aryl methyl sites for hydroxylation is 1. The van der Waals surface area contributed by atoms with Crippen LogP contribution in [0.3, 0.4) is 0 Å². The minimum absolute atomic E-state index is 0.463. The van der Waals surface area contributed by atoms with Crippen molar-refractivity contribution in [3.63, 3.8) is 0 Å². The molecule has 0 aromatic carbocycles. The number of hydrogen-bond donors (Lipinski definition) is 2. The van der Waals surface area contributed by atoms with Gasteiger partial charge < -0.3 is 10.6 Å². The van der Waals surface area contributed by atoms with Crippen LogP contribution >= 0.6 is 11.3 Å². The molecule has 0 aliphatic rings. The zero-order chi connectivity index (χ0) is 15.8. The van der Waals surface area contributed by atoms with Gasteiger partial charge in [0, 0.05) is 43.6 Å². The average Bonchev–Trinajstić information content (AvgIpc) is 3.18. The Balaban J connectivity index is 1.72. The normalized spacial score (nSPS) is 13.1. The maximum absolute atomic E-state index is 4.40. The average molecular weight is 320 g/mol. The van der Waals surface area contributed by atoms with E-state index in [1.165, 1.54) is 4.88 Å². The highest BCUT2D eigenvalue weighted by Gasteiger charge is 2.06. The fourth-order valence-electron chi connectivity index (χ4n) is 2.04. The molecule has 0 aliphatic heterocycles. The van der Waals surface area contributed by atoms with Crippen LogP contribution in [0.2, 0.25) is 0 Å². The molecule has 2 rings (SSSR count). The van der Waals surface area contributed by atoms with E-state index in [1.807, 2.05) is 23.1 Å². The van der Waals surface area contributed by atoms with E-state index in [-0.39, 0.29) is 0 Å². The number of aromatic nitrogens is 3. The van der Waals surface area contributed by atoms with Crippen LogP contribution in [0.4, 0.5) is 0 Å². The second-order valence-electron chi connectivity index (χ2n) is 5.21. The molecule has 2 heterocycles. The van der Waals surface area contributed by atoms with Crippen molar-refractivity contribution in [2.24, 2.45) is 10.9 Å². The van der Waals surface area contributed by atoms with E-state index in [1.54, 1.807) is 24.6 Å². The summed E-state index contributed by atoms with van der Waals surface area (Å²) in [4.78, 5) is 9.96. The second-order valence-corrected chi connectivity index (χ2v) is 6.41. The molecule has 22 heavy (non-hydrogen) atoms. The van der Waals surface area contributed by atoms with Gasteiger partial charge in [-0.25, -0.2) is 4.98 Å². The monoisotopic (exact) mass is 320 g/mol. The Morgan fingerprint density at radius 1 is 1.45 bits per heavy atom. The van der Waals surface area contributed by atoms with Gasteiger partial charge >= 0.3 is 0 Å². The van der Waals surface area contributed by atoms with Crippen LogP contribution in [-0.4, -0.2) is 34.3 Å². The first kappa shape index (κ1) is 16.5. The van der Waals surface area contributed by atoms with Crippen molar-refractivity contribution in [3.05, 3.63) is 34.5 Å². The Bertz CT molecular complexity index is 575. The first-order valence-electron chi connectivity index (χ1n) is 7.56. The summed E-state index contributed by atoms with van der Waals surface area (Å²) < 4.78 is 1.95. The van der Waals surface area contributed by atoms with Gasteiger partial charge in [-0.2, -0.15) is 5.10 Å². The molecular formula is C15H24N6S. The van der Waals surface area contributed by atoms with Crippen molar-refractivity contribution in [3.8, 4) is 0 Å². The molecule has 0 saturated heterocycles. The maximum atomic E-state index is 4.40. The first-order valence-corrected chi connectivity index (χ1v) is 8.38. The molecular weight excluding hydrogens is 296 g/mol. The number of aliphatic imine (C=N–C) groups is 1. The Labute approximate surface area is 135 Å². The van der Waals surface area contributed by atoms with Gasteiger partial charge in [0.1, 0.15) is 5.01 Å². The van der Waals surface area contributed by atoms with Gasteiger partial charge in [0.25, 0.3) is 0 Å². The number of guanidine groups is 1. The van der Waals surface area contributed by atoms with Gasteiger partial charge in [0.2, 0.25) is 0 Å². The Hall–Kier alpha value is -1.89. The van der Waals surface area contributed by atoms with Crippen molar-refractivity contribution in [2.75, 3.05) is 13.6 Å². The van der Waals surface area contributed by atoms with E-state index < -0.39 is 0 Å². The molecule has 2 aromatic rings. The number of rotatable bonds is 7. The predicted octanol–water partition coefficient (Wildman–Crippen LogP) is 1.90. The van der Waals surface area contributed by atoms with Crippen molar-refractivity contribution < 1.29 is 0 Å². The Morgan fingerprint density at radius 3 is 2.95 bits per heavy atom. The molecule has 0 fully saturated rings. The van der Waals surface area contributed by atoms with Gasteiger partial charge in [-0.1, -0.05) is 13.8 Å². The van der Waals surface area contributed by atoms with E-state index in [4.69, 9.17) is 0 Å². The van der Waals surface area contributed by atoms with Gasteiger partial charge in [-0.05, 0) is 18.4 Å². The van der Waals surface area contributed by atoms with E-state index in [9.17, 15) is 0 Å². The van der Waals surface area contributed by atoms with Crippen molar-refractivity contribution in [1.29, 1.82) is 0 Å². The van der Waals surface area contributed by atoms with Crippen molar-refractivity contribution in [2.45, 2.75) is 33.4 Å². The quantitative estimate of drug-likeness (QED) is 0.604. The molecule has 1 atom stereocenters. The van der Waals surface area contributed by atoms with Crippen LogP contribution in [0.1, 0.15) is 23.7 Å². The zero-order valence-electron chi connectivity index (χ0n) is 13.4. The number of thiazole rings is 1. The zero-order valence-corrected chi connectivity index (χ0v) is 14.2. The highest BCUT2D eigenvalue weighted by molar-refractivity contribution is 7.11. The summed E-state index contributed by atoms with van der Waals surface area (Å²) in [6, 6.07) is 1.94. The lowest BCUT2D eigenvalue weighted by molar-refractivity contribution is 0.443. The highest BCUT2D eigenvalue weighted by atomic mass is 32.1. The summed E-state index contributed by atoms with van der Waals surface area (Å²) in [5.41, 5.74) is 0. The molecule has 7 heteroatoms. The standard InChI is InChI=1S/C15H24N6S/c1-4-13-9-17-14(22-13)10-19-15(16-3)18-8-12(2)11-21-7-5-6-20-21/h5-7,9,12H,4,8,10-11H2,1-3H3,(H2,16,18,19). The van der Waals surface area contributed by atoms with E-state index in [0.29, 0.717) is 12.5 Å². The largest absolute Gasteiger partial charge is 0.356 e. The summed E-state index contributed by atoms with van der Waals surface area (Å²) in [6.07, 6.45) is 6.77. The van der Waals surface area contributed by atoms with Crippen LogP contribution in [-0.2, 0) is 19.5 Å². The fraction of sp³-hybridized carbons (Fsp3) is 0.533. The number of nitrogens with zero attached hydrogens (tertiary/aromatic N) is 4. The number of hydrogen-bond acceptors (Lipinski definition) is 4. The molecule has 2 N–H and O–H groups in total. The van der Waals surface area contributed by atoms with Gasteiger partial charge in [-0.15, -0.1) is 11.3 Å². The minimum atomic E-state index is 0.463. The smallest absolute Gasteiger partial charge is 0.191 e. The van der Waals surface area contributed by atoms with Crippen LogP contribution < -0.4 is 10.6 Å². The lowest BCUT2D eigenvalue weighted by atomic mass is 10.2. The van der Waals surface area contributed by atoms with Crippen LogP contribution in [0.25, 0.3) is 0 Å². The molecule has 2 aromatic heterocycles. The van der Waals surface area contributed by atoms with E-state index in [2.05, 4.69) is 39.6 Å². The van der Waals surface area contributed by atoms with Gasteiger partial charge in [0.15, 0.2) is 5.96 Å². The molecule has 1 unspecified atom stereocenters. The molecule has 0 bridgehead atoms. The topological polar surface area (TPSA) is 67.1 Å². The number of nitrogens with one attached hydrogen (secondary N) is 2. The maximum Gasteiger partial charge on any atom is 0.191 e. The summed E-state index contributed by atoms with van der Waals surface area (Å²) in [6.45, 7) is 6.78. The fourth-order valence-corrected chi connectivity index (χ4v) is 2.84. The second kappa shape index (κ2) is 8.53. The SMILES string of the molecule is CCc1cnc(CNC(=NC)NCC(C)Cn2cccn2)s1. The Kier molecular flexibility index (Phi) is 6.39. The molecule has 6 nitrogen and oxygen atoms in total. The van der Waals surface area contributed by atoms with E-state index in [0.717, 1.165) is 30.5 Å². The van der Waals surface area contributed by atoms with Crippen molar-refractivity contribution >= 4 is 17.3 Å². The third-order valence-electron chi connectivity index (χ3n) is 3.26. The third-order valence-corrected chi connectivity index (χ3v) is 4.40. The third kappa shape index (κ3) is 5.14. The molecule has 120 valence electrons. The minimum Gasteiger partial charge on any atom is -0.356 e. The van der Waals surface area contributed by atoms with Crippen molar-refractivity contribution in [1.82, 2.24) is 25.4 Å². The lowest BCUT2D eigenvalue weighted by Crippen LogP contribution is -2.39. The molecule has 0 saturated carbocycles. The molecule has 0 radical (unpaired) electrons. The summed E-state index contributed by atoms with van der Waals surface area (Å²) in [7, 11) is 1.78. The molecule has 0 amide bonds. The van der Waals surface area contributed by atoms with Crippen LogP contribution in [0.15, 0.2) is 29.6 Å². The summed E-state index contributed by atoms with van der Waals surface area (Å²) in [5.74, 6) is 1.27. The van der Waals surface area contributed by atoms with Gasteiger partial charge in [-0.3, -0.25) is 9.67 Å². The Morgan fingerprint density at radius 2 is 2.32 bits per heavy atom. The van der Waals surface area contributed by atoms with E-state index >= 15 is 0 Å². The molecule has 0 aliphatic carbocycles. The first-order chi connectivity index (χ1) is 10.7.